The summed E-state index contributed by atoms with van der Waals surface area (Å²) in [7, 11) is 0. The minimum Gasteiger partial charge on any atom is -0.486 e. The van der Waals surface area contributed by atoms with Gasteiger partial charge in [0.2, 0.25) is 0 Å². The Morgan fingerprint density at radius 1 is 1.30 bits per heavy atom. The minimum atomic E-state index is -0.488. The molecule has 5 heteroatoms. The molecule has 5 nitrogen and oxygen atoms in total. The molecular weight excluding hydrogens is 294 g/mol. The molecule has 1 aromatic carbocycles. The molecule has 2 atom stereocenters. The molecule has 2 aliphatic rings. The van der Waals surface area contributed by atoms with Crippen LogP contribution in [0.3, 0.4) is 0 Å². The van der Waals surface area contributed by atoms with Gasteiger partial charge in [-0.05, 0) is 58.2 Å². The number of nitrogens with zero attached hydrogens (tertiary/aromatic N) is 1. The summed E-state index contributed by atoms with van der Waals surface area (Å²) in [6, 6.07) is 5.92. The van der Waals surface area contributed by atoms with Crippen molar-refractivity contribution in [2.75, 3.05) is 13.2 Å². The molecule has 1 fully saturated rings. The number of carbonyl (C=O) groups is 1. The van der Waals surface area contributed by atoms with Crippen LogP contribution in [0, 0.1) is 6.92 Å². The molecule has 0 aromatic heterocycles. The van der Waals surface area contributed by atoms with Crippen molar-refractivity contribution in [2.24, 2.45) is 0 Å². The van der Waals surface area contributed by atoms with Crippen LogP contribution in [0.1, 0.15) is 39.2 Å². The maximum absolute atomic E-state index is 12.4. The van der Waals surface area contributed by atoms with E-state index in [0.717, 1.165) is 29.9 Å². The normalized spacial score (nSPS) is 23.7. The molecule has 0 saturated carbocycles. The van der Waals surface area contributed by atoms with Crippen molar-refractivity contribution >= 4 is 6.09 Å². The minimum absolute atomic E-state index is 0.00138. The summed E-state index contributed by atoms with van der Waals surface area (Å²) in [4.78, 5) is 14.2. The summed E-state index contributed by atoms with van der Waals surface area (Å²) < 4.78 is 17.5. The summed E-state index contributed by atoms with van der Waals surface area (Å²) in [5.74, 6) is 1.53. The van der Waals surface area contributed by atoms with Gasteiger partial charge in [0.15, 0.2) is 17.6 Å². The second kappa shape index (κ2) is 5.95. The van der Waals surface area contributed by atoms with Crippen molar-refractivity contribution in [2.45, 2.75) is 58.3 Å². The molecule has 2 aliphatic heterocycles. The van der Waals surface area contributed by atoms with E-state index < -0.39 is 5.60 Å². The Hall–Kier alpha value is -1.91. The predicted octanol–water partition coefficient (Wildman–Crippen LogP) is 3.53. The number of likely N-dealkylation sites (tertiary alicyclic amines) is 1. The number of benzene rings is 1. The molecule has 3 rings (SSSR count). The van der Waals surface area contributed by atoms with E-state index in [1.54, 1.807) is 4.90 Å². The van der Waals surface area contributed by atoms with Gasteiger partial charge in [-0.25, -0.2) is 4.79 Å². The van der Waals surface area contributed by atoms with Crippen molar-refractivity contribution < 1.29 is 19.0 Å². The second-order valence-corrected chi connectivity index (χ2v) is 7.30. The monoisotopic (exact) mass is 319 g/mol. The van der Waals surface area contributed by atoms with Gasteiger partial charge in [-0.3, -0.25) is 0 Å². The number of hydrogen-bond acceptors (Lipinski definition) is 4. The van der Waals surface area contributed by atoms with Gasteiger partial charge in [-0.15, -0.1) is 0 Å². The van der Waals surface area contributed by atoms with Crippen LogP contribution in [0.4, 0.5) is 4.79 Å². The van der Waals surface area contributed by atoms with E-state index >= 15 is 0 Å². The van der Waals surface area contributed by atoms with Crippen LogP contribution in [0.2, 0.25) is 0 Å². The van der Waals surface area contributed by atoms with E-state index in [-0.39, 0.29) is 18.2 Å². The lowest BCUT2D eigenvalue weighted by Gasteiger charge is -2.35. The van der Waals surface area contributed by atoms with Crippen LogP contribution in [-0.2, 0) is 4.74 Å². The zero-order chi connectivity index (χ0) is 16.6. The molecule has 0 N–H and O–H groups in total. The van der Waals surface area contributed by atoms with E-state index in [0.29, 0.717) is 13.2 Å². The van der Waals surface area contributed by atoms with Crippen LogP contribution < -0.4 is 9.47 Å². The van der Waals surface area contributed by atoms with E-state index in [4.69, 9.17) is 14.2 Å². The van der Waals surface area contributed by atoms with Crippen LogP contribution >= 0.6 is 0 Å². The van der Waals surface area contributed by atoms with E-state index in [1.807, 2.05) is 45.9 Å². The maximum Gasteiger partial charge on any atom is 0.410 e. The first-order valence-corrected chi connectivity index (χ1v) is 8.23. The number of ether oxygens (including phenoxy) is 3. The highest BCUT2D eigenvalue weighted by Gasteiger charge is 2.40. The highest BCUT2D eigenvalue weighted by atomic mass is 16.6. The van der Waals surface area contributed by atoms with Gasteiger partial charge in [0.25, 0.3) is 0 Å². The average molecular weight is 319 g/mol. The fourth-order valence-electron chi connectivity index (χ4n) is 3.11. The molecule has 2 heterocycles. The molecule has 126 valence electrons. The van der Waals surface area contributed by atoms with E-state index in [1.165, 1.54) is 0 Å². The topological polar surface area (TPSA) is 48.0 Å². The maximum atomic E-state index is 12.4. The van der Waals surface area contributed by atoms with E-state index in [2.05, 4.69) is 0 Å². The molecule has 23 heavy (non-hydrogen) atoms. The first kappa shape index (κ1) is 16.0. The molecule has 1 saturated heterocycles. The van der Waals surface area contributed by atoms with E-state index in [9.17, 15) is 4.79 Å². The third kappa shape index (κ3) is 3.54. The lowest BCUT2D eigenvalue weighted by Crippen LogP contribution is -2.50. The molecule has 0 bridgehead atoms. The summed E-state index contributed by atoms with van der Waals surface area (Å²) >= 11 is 0. The average Bonchev–Trinajstić information content (AvgIpc) is 2.94. The summed E-state index contributed by atoms with van der Waals surface area (Å²) in [6.07, 6.45) is 1.46. The lowest BCUT2D eigenvalue weighted by atomic mass is 10.1. The highest BCUT2D eigenvalue weighted by molar-refractivity contribution is 5.69. The standard InChI is InChI=1S/C18H25NO4/c1-12-7-8-14-15(10-12)22-16(11-21-14)13-6-5-9-19(13)17(20)23-18(2,3)4/h7-8,10,13,16H,5-6,9,11H2,1-4H3/t13-,16-/m0/s1. The Kier molecular flexibility index (Phi) is 4.13. The van der Waals surface area contributed by atoms with Crippen LogP contribution in [0.25, 0.3) is 0 Å². The SMILES string of the molecule is Cc1ccc2c(c1)O[C@H]([C@@H]1CCCN1C(=O)OC(C)(C)C)CO2. The Morgan fingerprint density at radius 2 is 2.09 bits per heavy atom. The Balaban J connectivity index is 1.72. The molecule has 0 spiro atoms. The molecular formula is C18H25NO4. The molecule has 1 amide bonds. The van der Waals surface area contributed by atoms with Crippen molar-refractivity contribution in [3.8, 4) is 11.5 Å². The zero-order valence-corrected chi connectivity index (χ0v) is 14.3. The van der Waals surface area contributed by atoms with Crippen molar-refractivity contribution in [3.05, 3.63) is 23.8 Å². The largest absolute Gasteiger partial charge is 0.486 e. The lowest BCUT2D eigenvalue weighted by molar-refractivity contribution is -0.00460. The molecule has 0 radical (unpaired) electrons. The number of rotatable bonds is 1. The van der Waals surface area contributed by atoms with Gasteiger partial charge >= 0.3 is 6.09 Å². The van der Waals surface area contributed by atoms with Gasteiger partial charge in [0, 0.05) is 6.54 Å². The fourth-order valence-corrected chi connectivity index (χ4v) is 3.11. The third-order valence-electron chi connectivity index (χ3n) is 4.14. The molecule has 0 unspecified atom stereocenters. The van der Waals surface area contributed by atoms with Crippen molar-refractivity contribution in [1.82, 2.24) is 4.90 Å². The van der Waals surface area contributed by atoms with Crippen LogP contribution in [-0.4, -0.2) is 41.9 Å². The number of carbonyl (C=O) groups excluding carboxylic acids is 1. The Morgan fingerprint density at radius 3 is 2.83 bits per heavy atom. The van der Waals surface area contributed by atoms with Gasteiger partial charge in [-0.2, -0.15) is 0 Å². The van der Waals surface area contributed by atoms with Gasteiger partial charge in [0.05, 0.1) is 6.04 Å². The quantitative estimate of drug-likeness (QED) is 0.794. The first-order valence-electron chi connectivity index (χ1n) is 8.23. The summed E-state index contributed by atoms with van der Waals surface area (Å²) in [6.45, 7) is 8.84. The van der Waals surface area contributed by atoms with Crippen molar-refractivity contribution in [3.63, 3.8) is 0 Å². The first-order chi connectivity index (χ1) is 10.8. The summed E-state index contributed by atoms with van der Waals surface area (Å²) in [5.41, 5.74) is 0.640. The van der Waals surface area contributed by atoms with Gasteiger partial charge < -0.3 is 19.1 Å². The van der Waals surface area contributed by atoms with Gasteiger partial charge in [0.1, 0.15) is 12.2 Å². The van der Waals surface area contributed by atoms with Crippen LogP contribution in [0.15, 0.2) is 18.2 Å². The number of fused-ring (bicyclic) bond motifs is 1. The zero-order valence-electron chi connectivity index (χ0n) is 14.3. The Bertz CT molecular complexity index is 593. The predicted molar refractivity (Wildman–Crippen MR) is 87.1 cm³/mol. The molecule has 1 aromatic rings. The number of amides is 1. The third-order valence-corrected chi connectivity index (χ3v) is 4.14. The van der Waals surface area contributed by atoms with Crippen molar-refractivity contribution in [1.29, 1.82) is 0 Å². The molecule has 0 aliphatic carbocycles. The Labute approximate surface area is 137 Å². The number of hydrogen-bond donors (Lipinski definition) is 0. The number of aryl methyl sites for hydroxylation is 1. The second-order valence-electron chi connectivity index (χ2n) is 7.30. The highest BCUT2D eigenvalue weighted by Crippen LogP contribution is 2.35. The van der Waals surface area contributed by atoms with Gasteiger partial charge in [-0.1, -0.05) is 6.07 Å². The fraction of sp³-hybridized carbons (Fsp3) is 0.611. The smallest absolute Gasteiger partial charge is 0.410 e. The summed E-state index contributed by atoms with van der Waals surface area (Å²) in [5, 5.41) is 0. The van der Waals surface area contributed by atoms with Crippen LogP contribution in [0.5, 0.6) is 11.5 Å².